The summed E-state index contributed by atoms with van der Waals surface area (Å²) < 4.78 is 33.9. The van der Waals surface area contributed by atoms with Gasteiger partial charge in [-0.1, -0.05) is 209 Å². The minimum absolute atomic E-state index is 0.0489. The van der Waals surface area contributed by atoms with Crippen molar-refractivity contribution in [3.05, 3.63) is 72.9 Å². The van der Waals surface area contributed by atoms with Gasteiger partial charge in [-0.15, -0.1) is 0 Å². The van der Waals surface area contributed by atoms with Crippen molar-refractivity contribution in [3.8, 4) is 0 Å². The van der Waals surface area contributed by atoms with Gasteiger partial charge < -0.3 is 27.9 Å². The van der Waals surface area contributed by atoms with Crippen LogP contribution in [0.5, 0.6) is 0 Å². The van der Waals surface area contributed by atoms with Gasteiger partial charge in [-0.05, 0) is 70.6 Å². The monoisotopic (exact) mass is 946 g/mol. The van der Waals surface area contributed by atoms with Crippen LogP contribution in [0.15, 0.2) is 72.9 Å². The first-order valence-corrected chi connectivity index (χ1v) is 28.1. The maximum absolute atomic E-state index is 12.7. The molecule has 66 heavy (non-hydrogen) atoms. The van der Waals surface area contributed by atoms with Crippen LogP contribution in [-0.4, -0.2) is 70.0 Å². The number of hydrogen-bond acceptors (Lipinski definition) is 8. The number of carbonyl (C=O) groups excluding carboxylic acids is 2. The second-order valence-electron chi connectivity index (χ2n) is 18.9. The number of unbranched alkanes of at least 4 members (excludes halogenated alkanes) is 22. The van der Waals surface area contributed by atoms with Crippen molar-refractivity contribution < 1.29 is 42.1 Å². The zero-order valence-corrected chi connectivity index (χ0v) is 44.0. The Morgan fingerprint density at radius 3 is 1.32 bits per heavy atom. The van der Waals surface area contributed by atoms with E-state index >= 15 is 0 Å². The molecule has 382 valence electrons. The van der Waals surface area contributed by atoms with E-state index in [0.29, 0.717) is 23.9 Å². The van der Waals surface area contributed by atoms with E-state index in [9.17, 15) is 19.0 Å². The SMILES string of the molecule is CCCCC/C=C/C/C=C/C/C=C/C/C=C/C/C=C/CCC(=O)OC[C@H](COP(=O)([O-])OCC[N+](C)(C)C)OC(=O)CCC/C=C/CCCCCCCCCCCCCCCCCCCC. The number of rotatable bonds is 48. The number of hydrogen-bond donors (Lipinski definition) is 0. The van der Waals surface area contributed by atoms with Crippen LogP contribution in [0.4, 0.5) is 0 Å². The van der Waals surface area contributed by atoms with Gasteiger partial charge in [0, 0.05) is 12.8 Å². The zero-order chi connectivity index (χ0) is 48.5. The second-order valence-corrected chi connectivity index (χ2v) is 20.3. The van der Waals surface area contributed by atoms with Crippen LogP contribution in [0.3, 0.4) is 0 Å². The van der Waals surface area contributed by atoms with E-state index in [4.69, 9.17) is 18.5 Å². The fourth-order valence-electron chi connectivity index (χ4n) is 7.05. The molecule has 0 aromatic heterocycles. The normalized spacial score (nSPS) is 14.0. The molecule has 9 nitrogen and oxygen atoms in total. The van der Waals surface area contributed by atoms with Crippen LogP contribution in [-0.2, 0) is 32.7 Å². The number of esters is 2. The minimum atomic E-state index is -4.66. The lowest BCUT2D eigenvalue weighted by molar-refractivity contribution is -0.870. The fraction of sp³-hybridized carbons (Fsp3) is 0.750. The summed E-state index contributed by atoms with van der Waals surface area (Å²) in [5, 5.41) is 0. The molecule has 0 saturated carbocycles. The van der Waals surface area contributed by atoms with Crippen LogP contribution in [0, 0.1) is 0 Å². The van der Waals surface area contributed by atoms with Crippen molar-refractivity contribution in [1.82, 2.24) is 0 Å². The third-order valence-electron chi connectivity index (χ3n) is 11.2. The van der Waals surface area contributed by atoms with Gasteiger partial charge in [-0.3, -0.25) is 14.2 Å². The van der Waals surface area contributed by atoms with Crippen molar-refractivity contribution >= 4 is 19.8 Å². The summed E-state index contributed by atoms with van der Waals surface area (Å²) in [5.41, 5.74) is 0. The highest BCUT2D eigenvalue weighted by Gasteiger charge is 2.21. The Labute approximate surface area is 406 Å². The van der Waals surface area contributed by atoms with Crippen molar-refractivity contribution in [2.24, 2.45) is 0 Å². The fourth-order valence-corrected chi connectivity index (χ4v) is 7.78. The first-order chi connectivity index (χ1) is 32.0. The number of allylic oxidation sites excluding steroid dienone is 12. The predicted octanol–water partition coefficient (Wildman–Crippen LogP) is 15.5. The first-order valence-electron chi connectivity index (χ1n) is 26.6. The number of ether oxygens (including phenoxy) is 2. The molecule has 0 aliphatic carbocycles. The lowest BCUT2D eigenvalue weighted by Gasteiger charge is -2.28. The van der Waals surface area contributed by atoms with Crippen molar-refractivity contribution in [1.29, 1.82) is 0 Å². The molecule has 0 amide bonds. The number of phosphoric ester groups is 1. The van der Waals surface area contributed by atoms with Gasteiger partial charge in [-0.2, -0.15) is 0 Å². The van der Waals surface area contributed by atoms with Gasteiger partial charge in [0.2, 0.25) is 0 Å². The largest absolute Gasteiger partial charge is 0.756 e. The summed E-state index contributed by atoms with van der Waals surface area (Å²) in [5.74, 6) is -0.967. The smallest absolute Gasteiger partial charge is 0.306 e. The molecule has 0 N–H and O–H groups in total. The Hall–Kier alpha value is -2.55. The van der Waals surface area contributed by atoms with Gasteiger partial charge in [0.25, 0.3) is 7.82 Å². The Bertz CT molecular complexity index is 1350. The summed E-state index contributed by atoms with van der Waals surface area (Å²) in [7, 11) is 1.11. The number of quaternary nitrogens is 1. The number of carbonyl (C=O) groups is 2. The molecular weight excluding hydrogens is 846 g/mol. The molecule has 0 aliphatic rings. The quantitative estimate of drug-likeness (QED) is 0.0195. The van der Waals surface area contributed by atoms with E-state index < -0.39 is 32.5 Å². The molecular formula is C56H100NO8P. The van der Waals surface area contributed by atoms with Crippen LogP contribution in [0.2, 0.25) is 0 Å². The summed E-state index contributed by atoms with van der Waals surface area (Å²) >= 11 is 0. The average Bonchev–Trinajstić information content (AvgIpc) is 3.27. The Morgan fingerprint density at radius 2 is 0.848 bits per heavy atom. The van der Waals surface area contributed by atoms with E-state index in [-0.39, 0.29) is 26.1 Å². The van der Waals surface area contributed by atoms with Crippen LogP contribution in [0.1, 0.15) is 219 Å². The van der Waals surface area contributed by atoms with Gasteiger partial charge in [0.05, 0.1) is 27.7 Å². The summed E-state index contributed by atoms with van der Waals surface area (Å²) in [6.07, 6.45) is 61.1. The highest BCUT2D eigenvalue weighted by molar-refractivity contribution is 7.45. The van der Waals surface area contributed by atoms with E-state index in [2.05, 4.69) is 74.6 Å². The summed E-state index contributed by atoms with van der Waals surface area (Å²) in [4.78, 5) is 37.7. The molecule has 0 aliphatic heterocycles. The lowest BCUT2D eigenvalue weighted by Crippen LogP contribution is -2.37. The van der Waals surface area contributed by atoms with Gasteiger partial charge in [-0.25, -0.2) is 0 Å². The molecule has 0 aromatic carbocycles. The number of nitrogens with zero attached hydrogens (tertiary/aromatic N) is 1. The molecule has 0 saturated heterocycles. The summed E-state index contributed by atoms with van der Waals surface area (Å²) in [6, 6.07) is 0. The van der Waals surface area contributed by atoms with Gasteiger partial charge in [0.15, 0.2) is 6.10 Å². The van der Waals surface area contributed by atoms with E-state index in [0.717, 1.165) is 38.5 Å². The molecule has 2 atom stereocenters. The number of phosphoric acid groups is 1. The van der Waals surface area contributed by atoms with Gasteiger partial charge >= 0.3 is 11.9 Å². The predicted molar refractivity (Wildman–Crippen MR) is 277 cm³/mol. The first kappa shape index (κ1) is 63.5. The van der Waals surface area contributed by atoms with Crippen LogP contribution in [0.25, 0.3) is 0 Å². The highest BCUT2D eigenvalue weighted by atomic mass is 31.2. The molecule has 10 heteroatoms. The minimum Gasteiger partial charge on any atom is -0.756 e. The standard InChI is InChI=1S/C56H100NO8P/c1-6-8-10-12-14-16-18-20-22-24-26-27-28-29-31-33-35-37-39-41-43-45-47-49-56(59)65-54(53-64-66(60,61)63-51-50-57(3,4)5)52-62-55(58)48-46-44-42-40-38-36-34-32-30-25-23-21-19-17-15-13-11-9-7-2/h15,17,21,23,30,32,36,38,41-44,54H,6-14,16,18-20,22,24-29,31,33-35,37,39-40,45-53H2,1-5H3/b17-15+,23-21+,32-30+,38-36+,43-41+,44-42+/t54-/m1/s1. The van der Waals surface area contributed by atoms with Crippen molar-refractivity contribution in [2.75, 3.05) is 47.5 Å². The maximum Gasteiger partial charge on any atom is 0.306 e. The zero-order valence-electron chi connectivity index (χ0n) is 43.1. The third-order valence-corrected chi connectivity index (χ3v) is 12.2. The molecule has 0 rings (SSSR count). The van der Waals surface area contributed by atoms with Crippen LogP contribution < -0.4 is 4.89 Å². The van der Waals surface area contributed by atoms with E-state index in [1.54, 1.807) is 0 Å². The van der Waals surface area contributed by atoms with Gasteiger partial charge in [0.1, 0.15) is 19.8 Å². The third kappa shape index (κ3) is 50.9. The second kappa shape index (κ2) is 47.5. The Morgan fingerprint density at radius 1 is 0.470 bits per heavy atom. The maximum atomic E-state index is 12.7. The highest BCUT2D eigenvalue weighted by Crippen LogP contribution is 2.38. The van der Waals surface area contributed by atoms with Crippen LogP contribution >= 0.6 is 7.82 Å². The molecule has 0 bridgehead atoms. The molecule has 0 heterocycles. The number of likely N-dealkylation sites (N-methyl/N-ethyl adjacent to an activating group) is 1. The van der Waals surface area contributed by atoms with Crippen molar-refractivity contribution in [2.45, 2.75) is 225 Å². The summed E-state index contributed by atoms with van der Waals surface area (Å²) in [6.45, 7) is 4.10. The average molecular weight is 946 g/mol. The van der Waals surface area contributed by atoms with E-state index in [1.165, 1.54) is 141 Å². The topological polar surface area (TPSA) is 111 Å². The van der Waals surface area contributed by atoms with Crippen molar-refractivity contribution in [3.63, 3.8) is 0 Å². The van der Waals surface area contributed by atoms with E-state index in [1.807, 2.05) is 33.3 Å². The Kier molecular flexibility index (Phi) is 45.7. The molecule has 0 fully saturated rings. The Balaban J connectivity index is 4.35. The molecule has 1 unspecified atom stereocenters. The molecule has 0 aromatic rings. The molecule has 0 spiro atoms. The lowest BCUT2D eigenvalue weighted by atomic mass is 10.0. The molecule has 0 radical (unpaired) electrons.